The van der Waals surface area contributed by atoms with Crippen molar-refractivity contribution in [2.45, 2.75) is 38.1 Å². The molecule has 1 aromatic heterocycles. The van der Waals surface area contributed by atoms with E-state index >= 15 is 0 Å². The Morgan fingerprint density at radius 2 is 2.17 bits per heavy atom. The lowest BCUT2D eigenvalue weighted by molar-refractivity contribution is 0.316. The van der Waals surface area contributed by atoms with Crippen molar-refractivity contribution < 1.29 is 0 Å². The first-order valence-electron chi connectivity index (χ1n) is 7.22. The van der Waals surface area contributed by atoms with Crippen LogP contribution in [-0.4, -0.2) is 47.2 Å². The molecule has 4 nitrogen and oxygen atoms in total. The van der Waals surface area contributed by atoms with E-state index in [0.29, 0.717) is 0 Å². The zero-order valence-electron chi connectivity index (χ0n) is 11.4. The summed E-state index contributed by atoms with van der Waals surface area (Å²) in [4.78, 5) is 6.94. The summed E-state index contributed by atoms with van der Waals surface area (Å²) in [5.74, 6) is 0. The topological polar surface area (TPSA) is 33.1 Å². The predicted octanol–water partition coefficient (Wildman–Crippen LogP) is 1.23. The van der Waals surface area contributed by atoms with Gasteiger partial charge < -0.3 is 14.8 Å². The maximum Gasteiger partial charge on any atom is 0.0948 e. The minimum atomic E-state index is 0.279. The summed E-state index contributed by atoms with van der Waals surface area (Å²) in [6.45, 7) is 9.40. The molecule has 1 atom stereocenters. The van der Waals surface area contributed by atoms with E-state index in [1.54, 1.807) is 0 Å². The molecular formula is C14H24N4. The second-order valence-electron chi connectivity index (χ2n) is 6.01. The van der Waals surface area contributed by atoms with E-state index in [1.807, 2.05) is 6.33 Å². The molecule has 2 aliphatic heterocycles. The number of hydrogen-bond donors (Lipinski definition) is 1. The van der Waals surface area contributed by atoms with Gasteiger partial charge in [-0.15, -0.1) is 0 Å². The lowest BCUT2D eigenvalue weighted by Gasteiger charge is -2.25. The molecule has 2 aliphatic rings. The van der Waals surface area contributed by atoms with Gasteiger partial charge >= 0.3 is 0 Å². The first-order valence-corrected chi connectivity index (χ1v) is 7.22. The van der Waals surface area contributed by atoms with E-state index in [0.717, 1.165) is 19.6 Å². The van der Waals surface area contributed by atoms with Crippen LogP contribution in [0.25, 0.3) is 0 Å². The number of nitrogens with zero attached hydrogens (tertiary/aromatic N) is 3. The summed E-state index contributed by atoms with van der Waals surface area (Å²) in [5.41, 5.74) is 1.69. The van der Waals surface area contributed by atoms with Crippen molar-refractivity contribution in [3.05, 3.63) is 18.2 Å². The second-order valence-corrected chi connectivity index (χ2v) is 6.01. The van der Waals surface area contributed by atoms with Gasteiger partial charge in [0.1, 0.15) is 0 Å². The van der Waals surface area contributed by atoms with Crippen LogP contribution in [0.2, 0.25) is 0 Å². The van der Waals surface area contributed by atoms with Crippen LogP contribution in [0.1, 0.15) is 31.9 Å². The van der Waals surface area contributed by atoms with Crippen LogP contribution in [0.5, 0.6) is 0 Å². The van der Waals surface area contributed by atoms with E-state index in [2.05, 4.69) is 32.9 Å². The van der Waals surface area contributed by atoms with Crippen LogP contribution >= 0.6 is 0 Å². The van der Waals surface area contributed by atoms with Crippen LogP contribution in [0, 0.1) is 0 Å². The number of aromatic nitrogens is 2. The third-order valence-electron chi connectivity index (χ3n) is 4.56. The molecule has 2 saturated heterocycles. The SMILES string of the molecule is CC1(c2cncn2CCN2CCCC2)CCNC1. The van der Waals surface area contributed by atoms with Crippen LogP contribution < -0.4 is 5.32 Å². The van der Waals surface area contributed by atoms with Crippen molar-refractivity contribution in [1.29, 1.82) is 0 Å². The zero-order chi connectivity index (χ0) is 12.4. The van der Waals surface area contributed by atoms with Gasteiger partial charge in [0.25, 0.3) is 0 Å². The van der Waals surface area contributed by atoms with Crippen LogP contribution in [0.4, 0.5) is 0 Å². The Morgan fingerprint density at radius 3 is 2.89 bits per heavy atom. The van der Waals surface area contributed by atoms with E-state index in [4.69, 9.17) is 0 Å². The summed E-state index contributed by atoms with van der Waals surface area (Å²) in [6.07, 6.45) is 8.05. The molecule has 1 aromatic rings. The Hall–Kier alpha value is -0.870. The summed E-state index contributed by atoms with van der Waals surface area (Å²) in [6, 6.07) is 0. The van der Waals surface area contributed by atoms with Gasteiger partial charge in [-0.05, 0) is 38.9 Å². The first kappa shape index (κ1) is 12.2. The molecule has 3 heterocycles. The maximum atomic E-state index is 4.37. The quantitative estimate of drug-likeness (QED) is 0.870. The monoisotopic (exact) mass is 248 g/mol. The molecule has 2 fully saturated rings. The molecule has 0 saturated carbocycles. The molecule has 0 bridgehead atoms. The molecular weight excluding hydrogens is 224 g/mol. The summed E-state index contributed by atoms with van der Waals surface area (Å²) in [5, 5.41) is 3.47. The fraction of sp³-hybridized carbons (Fsp3) is 0.786. The molecule has 0 spiro atoms. The highest BCUT2D eigenvalue weighted by Gasteiger charge is 2.33. The van der Waals surface area contributed by atoms with E-state index < -0.39 is 0 Å². The Kier molecular flexibility index (Phi) is 3.39. The van der Waals surface area contributed by atoms with E-state index in [1.165, 1.54) is 44.6 Å². The lowest BCUT2D eigenvalue weighted by atomic mass is 9.86. The molecule has 1 N–H and O–H groups in total. The van der Waals surface area contributed by atoms with Gasteiger partial charge in [0.15, 0.2) is 0 Å². The highest BCUT2D eigenvalue weighted by molar-refractivity contribution is 5.17. The second kappa shape index (κ2) is 5.02. The van der Waals surface area contributed by atoms with Gasteiger partial charge in [0.2, 0.25) is 0 Å². The van der Waals surface area contributed by atoms with Gasteiger partial charge in [-0.25, -0.2) is 4.98 Å². The van der Waals surface area contributed by atoms with E-state index in [9.17, 15) is 0 Å². The fourth-order valence-corrected chi connectivity index (χ4v) is 3.29. The molecule has 0 amide bonds. The summed E-state index contributed by atoms with van der Waals surface area (Å²) in [7, 11) is 0. The van der Waals surface area contributed by atoms with Crippen molar-refractivity contribution in [3.8, 4) is 0 Å². The maximum absolute atomic E-state index is 4.37. The Balaban J connectivity index is 1.67. The Morgan fingerprint density at radius 1 is 1.33 bits per heavy atom. The normalized spacial score (nSPS) is 29.2. The zero-order valence-corrected chi connectivity index (χ0v) is 11.4. The Labute approximate surface area is 109 Å². The molecule has 0 radical (unpaired) electrons. The number of nitrogens with one attached hydrogen (secondary N) is 1. The molecule has 3 rings (SSSR count). The first-order chi connectivity index (χ1) is 8.78. The van der Waals surface area contributed by atoms with Crippen LogP contribution in [-0.2, 0) is 12.0 Å². The lowest BCUT2D eigenvalue weighted by Crippen LogP contribution is -2.30. The van der Waals surface area contributed by atoms with Gasteiger partial charge in [-0.3, -0.25) is 0 Å². The number of hydrogen-bond acceptors (Lipinski definition) is 3. The van der Waals surface area contributed by atoms with E-state index in [-0.39, 0.29) is 5.41 Å². The molecule has 0 aliphatic carbocycles. The van der Waals surface area contributed by atoms with Gasteiger partial charge in [0, 0.05) is 36.9 Å². The molecule has 18 heavy (non-hydrogen) atoms. The largest absolute Gasteiger partial charge is 0.333 e. The average molecular weight is 248 g/mol. The minimum Gasteiger partial charge on any atom is -0.333 e. The van der Waals surface area contributed by atoms with Crippen molar-refractivity contribution in [2.75, 3.05) is 32.7 Å². The third kappa shape index (κ3) is 2.31. The number of likely N-dealkylation sites (tertiary alicyclic amines) is 1. The molecule has 1 unspecified atom stereocenters. The standard InChI is InChI=1S/C14H24N4/c1-14(4-5-15-11-14)13-10-16-12-18(13)9-8-17-6-2-3-7-17/h10,12,15H,2-9,11H2,1H3. The van der Waals surface area contributed by atoms with Crippen molar-refractivity contribution >= 4 is 0 Å². The Bertz CT molecular complexity index is 386. The molecule has 4 heteroatoms. The fourth-order valence-electron chi connectivity index (χ4n) is 3.29. The average Bonchev–Trinajstić information content (AvgIpc) is 3.08. The highest BCUT2D eigenvalue weighted by atomic mass is 15.2. The number of rotatable bonds is 4. The van der Waals surface area contributed by atoms with Crippen molar-refractivity contribution in [2.24, 2.45) is 0 Å². The number of imidazole rings is 1. The van der Waals surface area contributed by atoms with Crippen molar-refractivity contribution in [1.82, 2.24) is 19.8 Å². The van der Waals surface area contributed by atoms with Crippen molar-refractivity contribution in [3.63, 3.8) is 0 Å². The third-order valence-corrected chi connectivity index (χ3v) is 4.56. The van der Waals surface area contributed by atoms with Crippen LogP contribution in [0.3, 0.4) is 0 Å². The smallest absolute Gasteiger partial charge is 0.0948 e. The van der Waals surface area contributed by atoms with Gasteiger partial charge in [-0.1, -0.05) is 6.92 Å². The molecule has 0 aromatic carbocycles. The predicted molar refractivity (Wildman–Crippen MR) is 72.7 cm³/mol. The summed E-state index contributed by atoms with van der Waals surface area (Å²) < 4.78 is 2.37. The van der Waals surface area contributed by atoms with Gasteiger partial charge in [-0.2, -0.15) is 0 Å². The minimum absolute atomic E-state index is 0.279. The van der Waals surface area contributed by atoms with Crippen LogP contribution in [0.15, 0.2) is 12.5 Å². The van der Waals surface area contributed by atoms with Gasteiger partial charge in [0.05, 0.1) is 6.33 Å². The molecule has 100 valence electrons. The summed E-state index contributed by atoms with van der Waals surface area (Å²) >= 11 is 0. The highest BCUT2D eigenvalue weighted by Crippen LogP contribution is 2.29.